The summed E-state index contributed by atoms with van der Waals surface area (Å²) in [5, 5.41) is 4.71. The summed E-state index contributed by atoms with van der Waals surface area (Å²) in [5.74, 6) is 2.66. The second kappa shape index (κ2) is 3.84. The quantitative estimate of drug-likeness (QED) is 0.794. The zero-order valence-corrected chi connectivity index (χ0v) is 11.4. The van der Waals surface area contributed by atoms with Crippen molar-refractivity contribution in [3.8, 4) is 0 Å². The number of likely N-dealkylation sites (tertiary alicyclic amines) is 1. The average Bonchev–Trinajstić information content (AvgIpc) is 2.69. The number of rotatable bonds is 3. The third kappa shape index (κ3) is 1.55. The van der Waals surface area contributed by atoms with Crippen LogP contribution in [0.3, 0.4) is 0 Å². The van der Waals surface area contributed by atoms with Crippen LogP contribution < -0.4 is 0 Å². The maximum Gasteiger partial charge on any atom is 0.0659 e. The Balaban J connectivity index is 1.93. The first kappa shape index (κ1) is 11.3. The van der Waals surface area contributed by atoms with Gasteiger partial charge < -0.3 is 4.90 Å². The molecule has 0 spiro atoms. The summed E-state index contributed by atoms with van der Waals surface area (Å²) < 4.78 is 2.12. The highest BCUT2D eigenvalue weighted by Crippen LogP contribution is 2.59. The molecule has 0 aromatic carbocycles. The minimum atomic E-state index is 0.824. The monoisotopic (exact) mass is 233 g/mol. The minimum Gasteiger partial charge on any atom is -0.306 e. The van der Waals surface area contributed by atoms with Gasteiger partial charge in [0, 0.05) is 31.4 Å². The Morgan fingerprint density at radius 3 is 2.29 bits per heavy atom. The molecule has 0 radical (unpaired) electrons. The van der Waals surface area contributed by atoms with Gasteiger partial charge in [0.05, 0.1) is 5.69 Å². The molecule has 0 bridgehead atoms. The second-order valence-corrected chi connectivity index (χ2v) is 5.71. The van der Waals surface area contributed by atoms with Crippen molar-refractivity contribution in [2.45, 2.75) is 32.6 Å². The van der Waals surface area contributed by atoms with Crippen molar-refractivity contribution < 1.29 is 0 Å². The third-order valence-electron chi connectivity index (χ3n) is 4.66. The van der Waals surface area contributed by atoms with Crippen molar-refractivity contribution in [3.05, 3.63) is 17.0 Å². The van der Waals surface area contributed by atoms with E-state index >= 15 is 0 Å². The first-order valence-electron chi connectivity index (χ1n) is 6.90. The average molecular weight is 233 g/mol. The van der Waals surface area contributed by atoms with Crippen LogP contribution in [0.1, 0.15) is 36.7 Å². The number of hydrogen-bond acceptors (Lipinski definition) is 2. The lowest BCUT2D eigenvalue weighted by molar-refractivity contribution is 0.362. The van der Waals surface area contributed by atoms with Crippen LogP contribution in [-0.4, -0.2) is 34.8 Å². The molecule has 17 heavy (non-hydrogen) atoms. The van der Waals surface area contributed by atoms with E-state index in [-0.39, 0.29) is 0 Å². The maximum absolute atomic E-state index is 4.71. The van der Waals surface area contributed by atoms with Crippen LogP contribution in [0, 0.1) is 11.8 Å². The lowest BCUT2D eigenvalue weighted by Gasteiger charge is -2.14. The zero-order chi connectivity index (χ0) is 12.2. The smallest absolute Gasteiger partial charge is 0.0659 e. The van der Waals surface area contributed by atoms with Crippen molar-refractivity contribution in [3.63, 3.8) is 0 Å². The van der Waals surface area contributed by atoms with Gasteiger partial charge in [-0.2, -0.15) is 5.10 Å². The summed E-state index contributed by atoms with van der Waals surface area (Å²) in [5.41, 5.74) is 4.44. The highest BCUT2D eigenvalue weighted by Gasteiger charge is 2.56. The Morgan fingerprint density at radius 2 is 1.76 bits per heavy atom. The normalized spacial score (nSPS) is 31.9. The van der Waals surface area contributed by atoms with Gasteiger partial charge in [0.25, 0.3) is 0 Å². The molecule has 2 heterocycles. The predicted molar refractivity (Wildman–Crippen MR) is 69.2 cm³/mol. The Morgan fingerprint density at radius 1 is 1.12 bits per heavy atom. The van der Waals surface area contributed by atoms with Gasteiger partial charge in [0.15, 0.2) is 0 Å². The summed E-state index contributed by atoms with van der Waals surface area (Å²) in [4.78, 5) is 2.47. The van der Waals surface area contributed by atoms with Gasteiger partial charge in [-0.1, -0.05) is 13.8 Å². The molecule has 3 atom stereocenters. The molecule has 1 saturated heterocycles. The molecule has 3 nitrogen and oxygen atoms in total. The van der Waals surface area contributed by atoms with Crippen LogP contribution >= 0.6 is 0 Å². The number of piperidine rings is 1. The van der Waals surface area contributed by atoms with E-state index in [1.54, 1.807) is 5.56 Å². The van der Waals surface area contributed by atoms with Crippen molar-refractivity contribution in [1.29, 1.82) is 0 Å². The standard InChI is InChI=1S/C14H23N3/c1-5-11-14(12(6-2)17(4)15-11)13-9-7-16(3)8-10(9)13/h9-10,13H,5-8H2,1-4H3/t9-,10+,13?. The Kier molecular flexibility index (Phi) is 2.54. The molecule has 2 aliphatic rings. The molecule has 94 valence electrons. The van der Waals surface area contributed by atoms with Crippen LogP contribution in [0.25, 0.3) is 0 Å². The van der Waals surface area contributed by atoms with E-state index in [9.17, 15) is 0 Å². The topological polar surface area (TPSA) is 21.1 Å². The van der Waals surface area contributed by atoms with Crippen LogP contribution in [0.15, 0.2) is 0 Å². The Hall–Kier alpha value is -0.830. The van der Waals surface area contributed by atoms with Gasteiger partial charge in [-0.05, 0) is 37.6 Å². The number of aryl methyl sites for hydroxylation is 2. The van der Waals surface area contributed by atoms with Crippen LogP contribution in [0.4, 0.5) is 0 Å². The summed E-state index contributed by atoms with van der Waals surface area (Å²) >= 11 is 0. The van der Waals surface area contributed by atoms with E-state index in [0.29, 0.717) is 0 Å². The molecule has 0 amide bonds. The zero-order valence-electron chi connectivity index (χ0n) is 11.4. The SMILES string of the molecule is CCc1nn(C)c(CC)c1C1[C@H]2CN(C)C[C@@H]12. The fourth-order valence-corrected chi connectivity index (χ4v) is 3.87. The molecule has 1 unspecified atom stereocenters. The first-order chi connectivity index (χ1) is 8.17. The first-order valence-corrected chi connectivity index (χ1v) is 6.90. The van der Waals surface area contributed by atoms with Gasteiger partial charge in [-0.25, -0.2) is 0 Å². The summed E-state index contributed by atoms with van der Waals surface area (Å²) in [6.45, 7) is 7.06. The van der Waals surface area contributed by atoms with Crippen molar-refractivity contribution in [1.82, 2.24) is 14.7 Å². The number of aromatic nitrogens is 2. The lowest BCUT2D eigenvalue weighted by Crippen LogP contribution is -2.19. The Bertz CT molecular complexity index is 423. The van der Waals surface area contributed by atoms with Crippen molar-refractivity contribution >= 4 is 0 Å². The van der Waals surface area contributed by atoms with E-state index in [1.165, 1.54) is 24.5 Å². The lowest BCUT2D eigenvalue weighted by atomic mass is 10.0. The van der Waals surface area contributed by atoms with Gasteiger partial charge in [0.1, 0.15) is 0 Å². The van der Waals surface area contributed by atoms with Crippen LogP contribution in [-0.2, 0) is 19.9 Å². The van der Waals surface area contributed by atoms with Crippen molar-refractivity contribution in [2.75, 3.05) is 20.1 Å². The molecular weight excluding hydrogens is 210 g/mol. The van der Waals surface area contributed by atoms with Crippen LogP contribution in [0.2, 0.25) is 0 Å². The van der Waals surface area contributed by atoms with Gasteiger partial charge >= 0.3 is 0 Å². The van der Waals surface area contributed by atoms with Crippen molar-refractivity contribution in [2.24, 2.45) is 18.9 Å². The van der Waals surface area contributed by atoms with E-state index in [4.69, 9.17) is 5.10 Å². The minimum absolute atomic E-state index is 0.824. The summed E-state index contributed by atoms with van der Waals surface area (Å²) in [6.07, 6.45) is 2.19. The molecule has 3 heteroatoms. The van der Waals surface area contributed by atoms with E-state index in [1.807, 2.05) is 0 Å². The Labute approximate surface area is 104 Å². The molecule has 2 fully saturated rings. The molecule has 0 N–H and O–H groups in total. The maximum atomic E-state index is 4.71. The highest BCUT2D eigenvalue weighted by atomic mass is 15.3. The van der Waals surface area contributed by atoms with E-state index in [0.717, 1.165) is 30.6 Å². The van der Waals surface area contributed by atoms with Gasteiger partial charge in [-0.15, -0.1) is 0 Å². The number of hydrogen-bond donors (Lipinski definition) is 0. The largest absolute Gasteiger partial charge is 0.306 e. The van der Waals surface area contributed by atoms with E-state index in [2.05, 4.69) is 37.5 Å². The molecule has 1 aliphatic carbocycles. The van der Waals surface area contributed by atoms with Gasteiger partial charge in [-0.3, -0.25) is 4.68 Å². The van der Waals surface area contributed by atoms with Gasteiger partial charge in [0.2, 0.25) is 0 Å². The molecule has 1 aliphatic heterocycles. The molecule has 1 aromatic heterocycles. The molecular formula is C14H23N3. The highest BCUT2D eigenvalue weighted by molar-refractivity contribution is 5.38. The number of fused-ring (bicyclic) bond motifs is 1. The molecule has 3 rings (SSSR count). The van der Waals surface area contributed by atoms with Crippen LogP contribution in [0.5, 0.6) is 0 Å². The summed E-state index contributed by atoms with van der Waals surface area (Å²) in [6, 6.07) is 0. The number of nitrogens with zero attached hydrogens (tertiary/aromatic N) is 3. The molecule has 1 aromatic rings. The third-order valence-corrected chi connectivity index (χ3v) is 4.66. The fraction of sp³-hybridized carbons (Fsp3) is 0.786. The predicted octanol–water partition coefficient (Wildman–Crippen LogP) is 1.82. The second-order valence-electron chi connectivity index (χ2n) is 5.71. The summed E-state index contributed by atoms with van der Waals surface area (Å²) in [7, 11) is 4.35. The van der Waals surface area contributed by atoms with E-state index < -0.39 is 0 Å². The fourth-order valence-electron chi connectivity index (χ4n) is 3.87. The molecule has 1 saturated carbocycles.